The Bertz CT molecular complexity index is 622. The first-order valence-electron chi connectivity index (χ1n) is 7.29. The molecule has 0 unspecified atom stereocenters. The zero-order chi connectivity index (χ0) is 15.4. The van der Waals surface area contributed by atoms with Gasteiger partial charge in [-0.05, 0) is 46.7 Å². The Hall–Kier alpha value is -1.35. The molecule has 23 heavy (non-hydrogen) atoms. The van der Waals surface area contributed by atoms with E-state index in [4.69, 9.17) is 5.73 Å². The van der Waals surface area contributed by atoms with Crippen molar-refractivity contribution in [2.75, 3.05) is 31.1 Å². The van der Waals surface area contributed by atoms with Crippen molar-refractivity contribution < 1.29 is 4.39 Å². The molecule has 0 bridgehead atoms. The topological polar surface area (TPSA) is 44.9 Å². The zero-order valence-corrected chi connectivity index (χ0v) is 15.8. The average molecular weight is 446 g/mol. The summed E-state index contributed by atoms with van der Waals surface area (Å²) >= 11 is 1.67. The van der Waals surface area contributed by atoms with Crippen LogP contribution in [0.1, 0.15) is 5.56 Å². The summed E-state index contributed by atoms with van der Waals surface area (Å²) in [7, 11) is 0. The summed E-state index contributed by atoms with van der Waals surface area (Å²) in [6.07, 6.45) is 0. The van der Waals surface area contributed by atoms with Gasteiger partial charge in [0, 0.05) is 31.9 Å². The van der Waals surface area contributed by atoms with Gasteiger partial charge in [0.05, 0.1) is 6.54 Å². The molecular weight excluding hydrogens is 426 g/mol. The lowest BCUT2D eigenvalue weighted by molar-refractivity contribution is 0.380. The van der Waals surface area contributed by atoms with Gasteiger partial charge in [0.1, 0.15) is 5.82 Å². The van der Waals surface area contributed by atoms with Crippen LogP contribution in [-0.4, -0.2) is 37.0 Å². The Labute approximate surface area is 156 Å². The molecule has 3 rings (SSSR count). The number of piperazine rings is 1. The lowest BCUT2D eigenvalue weighted by Crippen LogP contribution is -2.51. The van der Waals surface area contributed by atoms with Crippen LogP contribution in [0, 0.1) is 5.82 Å². The molecule has 4 nitrogen and oxygen atoms in total. The van der Waals surface area contributed by atoms with E-state index >= 15 is 0 Å². The number of rotatable bonds is 3. The Morgan fingerprint density at radius 1 is 1.13 bits per heavy atom. The van der Waals surface area contributed by atoms with E-state index in [2.05, 4.69) is 26.2 Å². The van der Waals surface area contributed by atoms with Gasteiger partial charge in [0.25, 0.3) is 0 Å². The molecule has 1 fully saturated rings. The van der Waals surface area contributed by atoms with E-state index < -0.39 is 0 Å². The van der Waals surface area contributed by atoms with Crippen LogP contribution in [0.2, 0.25) is 0 Å². The third kappa shape index (κ3) is 4.81. The van der Waals surface area contributed by atoms with Crippen molar-refractivity contribution in [3.8, 4) is 0 Å². The van der Waals surface area contributed by atoms with Crippen molar-refractivity contribution >= 4 is 47.0 Å². The molecule has 2 N–H and O–H groups in total. The number of hydrogen-bond acceptors (Lipinski definition) is 3. The Morgan fingerprint density at radius 2 is 1.83 bits per heavy atom. The summed E-state index contributed by atoms with van der Waals surface area (Å²) in [5.41, 5.74) is 8.32. The molecule has 0 spiro atoms. The second-order valence-electron chi connectivity index (χ2n) is 5.26. The van der Waals surface area contributed by atoms with Crippen LogP contribution >= 0.6 is 35.3 Å². The van der Waals surface area contributed by atoms with Gasteiger partial charge in [0.15, 0.2) is 5.96 Å². The van der Waals surface area contributed by atoms with Crippen molar-refractivity contribution in [1.82, 2.24) is 4.90 Å². The third-order valence-electron chi connectivity index (χ3n) is 3.80. The minimum absolute atomic E-state index is 0. The Kier molecular flexibility index (Phi) is 6.64. The summed E-state index contributed by atoms with van der Waals surface area (Å²) in [4.78, 5) is 8.80. The number of benzene rings is 1. The number of hydrogen-bond donors (Lipinski definition) is 1. The number of aliphatic imine (C=N–C) groups is 1. The van der Waals surface area contributed by atoms with Gasteiger partial charge in [0.2, 0.25) is 0 Å². The number of nitrogens with zero attached hydrogens (tertiary/aromatic N) is 3. The summed E-state index contributed by atoms with van der Waals surface area (Å²) in [5.74, 6) is 0.400. The minimum Gasteiger partial charge on any atom is -0.370 e. The summed E-state index contributed by atoms with van der Waals surface area (Å²) in [6, 6.07) is 8.70. The maximum Gasteiger partial charge on any atom is 0.191 e. The van der Waals surface area contributed by atoms with Crippen LogP contribution in [0.4, 0.5) is 10.1 Å². The van der Waals surface area contributed by atoms with Crippen molar-refractivity contribution in [2.45, 2.75) is 6.54 Å². The van der Waals surface area contributed by atoms with E-state index in [-0.39, 0.29) is 29.8 Å². The molecule has 0 aliphatic carbocycles. The van der Waals surface area contributed by atoms with Crippen LogP contribution in [-0.2, 0) is 6.54 Å². The third-order valence-corrected chi connectivity index (χ3v) is 4.53. The second-order valence-corrected chi connectivity index (χ2v) is 6.04. The SMILES string of the molecule is I.NC(=NCc1ccsc1)N1CCN(c2ccc(F)cc2)CC1. The van der Waals surface area contributed by atoms with Crippen molar-refractivity contribution in [2.24, 2.45) is 10.7 Å². The lowest BCUT2D eigenvalue weighted by atomic mass is 10.2. The van der Waals surface area contributed by atoms with E-state index in [0.29, 0.717) is 12.5 Å². The largest absolute Gasteiger partial charge is 0.370 e. The monoisotopic (exact) mass is 446 g/mol. The van der Waals surface area contributed by atoms with Gasteiger partial charge < -0.3 is 15.5 Å². The molecular formula is C16H20FIN4S. The van der Waals surface area contributed by atoms with Crippen molar-refractivity contribution in [3.63, 3.8) is 0 Å². The molecule has 1 saturated heterocycles. The Morgan fingerprint density at radius 3 is 2.43 bits per heavy atom. The molecule has 0 amide bonds. The first-order valence-corrected chi connectivity index (χ1v) is 8.23. The van der Waals surface area contributed by atoms with Gasteiger partial charge in [-0.15, -0.1) is 24.0 Å². The van der Waals surface area contributed by atoms with Crippen LogP contribution in [0.3, 0.4) is 0 Å². The van der Waals surface area contributed by atoms with Gasteiger partial charge in [-0.2, -0.15) is 11.3 Å². The summed E-state index contributed by atoms with van der Waals surface area (Å²) in [6.45, 7) is 4.01. The summed E-state index contributed by atoms with van der Waals surface area (Å²) < 4.78 is 13.0. The van der Waals surface area contributed by atoms with Crippen molar-refractivity contribution in [3.05, 3.63) is 52.5 Å². The van der Waals surface area contributed by atoms with E-state index in [1.54, 1.807) is 11.3 Å². The van der Waals surface area contributed by atoms with Crippen LogP contribution in [0.25, 0.3) is 0 Å². The van der Waals surface area contributed by atoms with E-state index in [9.17, 15) is 4.39 Å². The highest BCUT2D eigenvalue weighted by atomic mass is 127. The minimum atomic E-state index is -0.202. The highest BCUT2D eigenvalue weighted by Crippen LogP contribution is 2.17. The quantitative estimate of drug-likeness (QED) is 0.448. The number of thiophene rings is 1. The summed E-state index contributed by atoms with van der Waals surface area (Å²) in [5, 5.41) is 4.13. The van der Waals surface area contributed by atoms with Gasteiger partial charge in [-0.3, -0.25) is 0 Å². The van der Waals surface area contributed by atoms with Crippen LogP contribution < -0.4 is 10.6 Å². The lowest BCUT2D eigenvalue weighted by Gasteiger charge is -2.36. The molecule has 1 aliphatic heterocycles. The average Bonchev–Trinajstić information content (AvgIpc) is 3.07. The molecule has 7 heteroatoms. The maximum absolute atomic E-state index is 13.0. The predicted octanol–water partition coefficient (Wildman–Crippen LogP) is 3.14. The van der Waals surface area contributed by atoms with E-state index in [0.717, 1.165) is 31.9 Å². The fourth-order valence-corrected chi connectivity index (χ4v) is 3.16. The van der Waals surface area contributed by atoms with E-state index in [1.807, 2.05) is 17.5 Å². The van der Waals surface area contributed by atoms with Gasteiger partial charge in [-0.25, -0.2) is 9.38 Å². The molecule has 124 valence electrons. The molecule has 1 aromatic carbocycles. The first kappa shape index (κ1) is 18.0. The normalized spacial score (nSPS) is 15.4. The van der Waals surface area contributed by atoms with Crippen LogP contribution in [0.15, 0.2) is 46.1 Å². The molecule has 1 aromatic heterocycles. The number of halogens is 2. The molecule has 0 saturated carbocycles. The maximum atomic E-state index is 13.0. The zero-order valence-electron chi connectivity index (χ0n) is 12.7. The van der Waals surface area contributed by atoms with Crippen LogP contribution in [0.5, 0.6) is 0 Å². The molecule has 1 aliphatic rings. The fraction of sp³-hybridized carbons (Fsp3) is 0.312. The van der Waals surface area contributed by atoms with E-state index in [1.165, 1.54) is 17.7 Å². The second kappa shape index (κ2) is 8.49. The highest BCUT2D eigenvalue weighted by Gasteiger charge is 2.18. The number of anilines is 1. The standard InChI is InChI=1S/C16H19FN4S.HI/c17-14-1-3-15(4-2-14)20-6-8-21(9-7-20)16(18)19-11-13-5-10-22-12-13;/h1-5,10,12H,6-9,11H2,(H2,18,19);1H. The number of nitrogens with two attached hydrogens (primary N) is 1. The molecule has 0 atom stereocenters. The molecule has 2 aromatic rings. The highest BCUT2D eigenvalue weighted by molar-refractivity contribution is 14.0. The fourth-order valence-electron chi connectivity index (χ4n) is 2.50. The molecule has 2 heterocycles. The molecule has 0 radical (unpaired) electrons. The van der Waals surface area contributed by atoms with Gasteiger partial charge >= 0.3 is 0 Å². The predicted molar refractivity (Wildman–Crippen MR) is 105 cm³/mol. The first-order chi connectivity index (χ1) is 10.7. The number of guanidine groups is 1. The smallest absolute Gasteiger partial charge is 0.191 e. The van der Waals surface area contributed by atoms with Crippen molar-refractivity contribution in [1.29, 1.82) is 0 Å². The Balaban J connectivity index is 0.00000192. The van der Waals surface area contributed by atoms with Gasteiger partial charge in [-0.1, -0.05) is 0 Å².